The van der Waals surface area contributed by atoms with Gasteiger partial charge in [0.2, 0.25) is 0 Å². The number of amides is 1. The van der Waals surface area contributed by atoms with Gasteiger partial charge in [0.15, 0.2) is 0 Å². The van der Waals surface area contributed by atoms with Crippen LogP contribution in [0.1, 0.15) is 60.4 Å². The normalized spacial score (nSPS) is 15.9. The number of aromatic nitrogens is 2. The van der Waals surface area contributed by atoms with E-state index in [1.54, 1.807) is 6.92 Å². The molecule has 0 aromatic carbocycles. The lowest BCUT2D eigenvalue weighted by Crippen LogP contribution is -2.37. The number of carbonyl (C=O) groups is 1. The van der Waals surface area contributed by atoms with Crippen LogP contribution in [0.2, 0.25) is 0 Å². The lowest BCUT2D eigenvalue weighted by atomic mass is 10.1. The Hall–Kier alpha value is -1.69. The second-order valence-corrected chi connectivity index (χ2v) is 5.43. The molecule has 1 atom stereocenters. The van der Waals surface area contributed by atoms with Gasteiger partial charge in [-0.3, -0.25) is 9.59 Å². The molecule has 6 nitrogen and oxygen atoms in total. The Balaban J connectivity index is 2.11. The monoisotopic (exact) mass is 279 g/mol. The summed E-state index contributed by atoms with van der Waals surface area (Å²) in [5, 5.41) is 11.5. The van der Waals surface area contributed by atoms with Crippen molar-refractivity contribution in [2.24, 2.45) is 0 Å². The highest BCUT2D eigenvalue weighted by molar-refractivity contribution is 5.94. The molecular formula is C14H21N3O3. The Bertz CT molecular complexity index is 549. The third-order valence-electron chi connectivity index (χ3n) is 3.48. The maximum atomic E-state index is 12.1. The number of aryl methyl sites for hydroxylation is 1. The predicted octanol–water partition coefficient (Wildman–Crippen LogP) is 0.847. The summed E-state index contributed by atoms with van der Waals surface area (Å²) in [7, 11) is 0. The highest BCUT2D eigenvalue weighted by atomic mass is 16.3. The zero-order valence-corrected chi connectivity index (χ0v) is 11.9. The molecule has 6 heteroatoms. The standard InChI is InChI=1S/C14H21N3O3/c1-8(4-3-7-18)15-13(19)11-9(2)16-12(10-5-6-10)17-14(11)20/h8,10,18H,3-7H2,1-2H3,(H,15,19)(H,16,17,20). The minimum absolute atomic E-state index is 0.0865. The zero-order valence-electron chi connectivity index (χ0n) is 11.9. The van der Waals surface area contributed by atoms with Crippen molar-refractivity contribution in [2.75, 3.05) is 6.61 Å². The first-order chi connectivity index (χ1) is 9.52. The van der Waals surface area contributed by atoms with Crippen molar-refractivity contribution >= 4 is 5.91 Å². The number of hydrogen-bond acceptors (Lipinski definition) is 4. The molecule has 1 heterocycles. The van der Waals surface area contributed by atoms with Gasteiger partial charge in [0.25, 0.3) is 11.5 Å². The van der Waals surface area contributed by atoms with Crippen LogP contribution >= 0.6 is 0 Å². The number of hydrogen-bond donors (Lipinski definition) is 3. The van der Waals surface area contributed by atoms with Crippen molar-refractivity contribution in [2.45, 2.75) is 51.5 Å². The van der Waals surface area contributed by atoms with Gasteiger partial charge in [-0.2, -0.15) is 0 Å². The summed E-state index contributed by atoms with van der Waals surface area (Å²) in [6.07, 6.45) is 3.39. The van der Waals surface area contributed by atoms with Gasteiger partial charge >= 0.3 is 0 Å². The molecule has 1 amide bonds. The summed E-state index contributed by atoms with van der Waals surface area (Å²) in [5.74, 6) is 0.642. The quantitative estimate of drug-likeness (QED) is 0.719. The Morgan fingerprint density at radius 2 is 2.25 bits per heavy atom. The van der Waals surface area contributed by atoms with Gasteiger partial charge in [0.05, 0.1) is 5.69 Å². The van der Waals surface area contributed by atoms with Crippen LogP contribution in [0.5, 0.6) is 0 Å². The Morgan fingerprint density at radius 1 is 1.55 bits per heavy atom. The highest BCUT2D eigenvalue weighted by Crippen LogP contribution is 2.37. The first-order valence-electron chi connectivity index (χ1n) is 7.05. The second kappa shape index (κ2) is 6.17. The van der Waals surface area contributed by atoms with Gasteiger partial charge in [-0.25, -0.2) is 4.98 Å². The van der Waals surface area contributed by atoms with Gasteiger partial charge in [-0.05, 0) is 39.5 Å². The van der Waals surface area contributed by atoms with E-state index in [1.165, 1.54) is 0 Å². The first-order valence-corrected chi connectivity index (χ1v) is 7.05. The predicted molar refractivity (Wildman–Crippen MR) is 74.8 cm³/mol. The lowest BCUT2D eigenvalue weighted by molar-refractivity contribution is 0.0933. The van der Waals surface area contributed by atoms with Crippen LogP contribution in [-0.2, 0) is 0 Å². The van der Waals surface area contributed by atoms with Crippen LogP contribution in [0, 0.1) is 6.92 Å². The molecule has 1 saturated carbocycles. The fraction of sp³-hybridized carbons (Fsp3) is 0.643. The van der Waals surface area contributed by atoms with E-state index in [0.717, 1.165) is 12.8 Å². The summed E-state index contributed by atoms with van der Waals surface area (Å²) in [5.41, 5.74) is 0.194. The van der Waals surface area contributed by atoms with E-state index in [2.05, 4.69) is 15.3 Å². The molecule has 0 aliphatic heterocycles. The molecule has 0 saturated heterocycles. The summed E-state index contributed by atoms with van der Waals surface area (Å²) in [6, 6.07) is -0.0865. The number of H-pyrrole nitrogens is 1. The Kier molecular flexibility index (Phi) is 4.54. The van der Waals surface area contributed by atoms with Crippen molar-refractivity contribution in [3.8, 4) is 0 Å². The van der Waals surface area contributed by atoms with E-state index in [9.17, 15) is 9.59 Å². The van der Waals surface area contributed by atoms with Crippen LogP contribution in [0.15, 0.2) is 4.79 Å². The molecule has 1 aliphatic rings. The molecule has 20 heavy (non-hydrogen) atoms. The van der Waals surface area contributed by atoms with Crippen LogP contribution in [0.4, 0.5) is 0 Å². The third kappa shape index (κ3) is 3.45. The molecule has 1 aliphatic carbocycles. The van der Waals surface area contributed by atoms with Crippen molar-refractivity contribution in [3.63, 3.8) is 0 Å². The molecule has 1 unspecified atom stereocenters. The minimum atomic E-state index is -0.399. The Labute approximate surface area is 117 Å². The van der Waals surface area contributed by atoms with E-state index >= 15 is 0 Å². The van der Waals surface area contributed by atoms with Crippen molar-refractivity contribution < 1.29 is 9.90 Å². The maximum Gasteiger partial charge on any atom is 0.264 e. The maximum absolute atomic E-state index is 12.1. The number of rotatable bonds is 6. The smallest absolute Gasteiger partial charge is 0.264 e. The molecular weight excluding hydrogens is 258 g/mol. The molecule has 3 N–H and O–H groups in total. The number of aliphatic hydroxyl groups is 1. The fourth-order valence-corrected chi connectivity index (χ4v) is 2.19. The van der Waals surface area contributed by atoms with Crippen LogP contribution in [0.3, 0.4) is 0 Å². The minimum Gasteiger partial charge on any atom is -0.396 e. The third-order valence-corrected chi connectivity index (χ3v) is 3.48. The van der Waals surface area contributed by atoms with Crippen molar-refractivity contribution in [3.05, 3.63) is 27.4 Å². The van der Waals surface area contributed by atoms with E-state index in [4.69, 9.17) is 5.11 Å². The van der Waals surface area contributed by atoms with Gasteiger partial charge in [0.1, 0.15) is 11.4 Å². The molecule has 1 aromatic heterocycles. The van der Waals surface area contributed by atoms with Crippen molar-refractivity contribution in [1.29, 1.82) is 0 Å². The van der Waals surface area contributed by atoms with Gasteiger partial charge in [-0.1, -0.05) is 0 Å². The summed E-state index contributed by atoms with van der Waals surface area (Å²) in [6.45, 7) is 3.63. The van der Waals surface area contributed by atoms with Crippen LogP contribution in [-0.4, -0.2) is 33.6 Å². The summed E-state index contributed by atoms with van der Waals surface area (Å²) in [4.78, 5) is 31.2. The molecule has 1 fully saturated rings. The number of nitrogens with one attached hydrogen (secondary N) is 2. The fourth-order valence-electron chi connectivity index (χ4n) is 2.19. The molecule has 0 radical (unpaired) electrons. The number of nitrogens with zero attached hydrogens (tertiary/aromatic N) is 1. The summed E-state index contributed by atoms with van der Waals surface area (Å²) < 4.78 is 0. The zero-order chi connectivity index (χ0) is 14.7. The largest absolute Gasteiger partial charge is 0.396 e. The van der Waals surface area contributed by atoms with E-state index in [1.807, 2.05) is 6.92 Å². The first kappa shape index (κ1) is 14.7. The molecule has 110 valence electrons. The number of aliphatic hydroxyl groups excluding tert-OH is 1. The second-order valence-electron chi connectivity index (χ2n) is 5.43. The van der Waals surface area contributed by atoms with Crippen LogP contribution < -0.4 is 10.9 Å². The summed E-state index contributed by atoms with van der Waals surface area (Å²) >= 11 is 0. The topological polar surface area (TPSA) is 95.1 Å². The Morgan fingerprint density at radius 3 is 2.80 bits per heavy atom. The molecule has 1 aromatic rings. The van der Waals surface area contributed by atoms with E-state index in [0.29, 0.717) is 30.3 Å². The van der Waals surface area contributed by atoms with Gasteiger partial charge in [0, 0.05) is 18.6 Å². The molecule has 0 spiro atoms. The average Bonchev–Trinajstić information content (AvgIpc) is 3.19. The number of carbonyl (C=O) groups excluding carboxylic acids is 1. The van der Waals surface area contributed by atoms with Gasteiger partial charge < -0.3 is 15.4 Å². The SMILES string of the molecule is Cc1nc(C2CC2)[nH]c(=O)c1C(=O)NC(C)CCCO. The van der Waals surface area contributed by atoms with Crippen molar-refractivity contribution in [1.82, 2.24) is 15.3 Å². The lowest BCUT2D eigenvalue weighted by Gasteiger charge is -2.14. The highest BCUT2D eigenvalue weighted by Gasteiger charge is 2.28. The van der Waals surface area contributed by atoms with Gasteiger partial charge in [-0.15, -0.1) is 0 Å². The molecule has 0 bridgehead atoms. The number of aromatic amines is 1. The average molecular weight is 279 g/mol. The van der Waals surface area contributed by atoms with E-state index < -0.39 is 5.91 Å². The van der Waals surface area contributed by atoms with Crippen LogP contribution in [0.25, 0.3) is 0 Å². The molecule has 2 rings (SSSR count). The van der Waals surface area contributed by atoms with E-state index in [-0.39, 0.29) is 23.8 Å².